The van der Waals surface area contributed by atoms with E-state index in [-0.39, 0.29) is 30.8 Å². The Bertz CT molecular complexity index is 1640. The van der Waals surface area contributed by atoms with Crippen LogP contribution >= 0.6 is 0 Å². The second-order valence-corrected chi connectivity index (χ2v) is 14.3. The fourth-order valence-corrected chi connectivity index (χ4v) is 9.86. The van der Waals surface area contributed by atoms with Gasteiger partial charge in [0.2, 0.25) is 0 Å². The molecule has 0 bridgehead atoms. The lowest BCUT2D eigenvalue weighted by Gasteiger charge is -2.63. The van der Waals surface area contributed by atoms with Crippen molar-refractivity contribution in [3.63, 3.8) is 0 Å². The number of carbonyl (C=O) groups is 2. The number of hydrogen-bond acceptors (Lipinski definition) is 6. The molecule has 7 nitrogen and oxygen atoms in total. The summed E-state index contributed by atoms with van der Waals surface area (Å²) in [5.74, 6) is -2.45. The zero-order chi connectivity index (χ0) is 32.8. The van der Waals surface area contributed by atoms with Crippen molar-refractivity contribution in [2.75, 3.05) is 13.7 Å². The van der Waals surface area contributed by atoms with E-state index in [9.17, 15) is 19.8 Å². The first kappa shape index (κ1) is 31.5. The molecule has 0 amide bonds. The number of quaternary nitrogens is 1. The lowest BCUT2D eigenvalue weighted by molar-refractivity contribution is -0.539. The monoisotopic (exact) mass is 634 g/mol. The molecule has 0 spiro atoms. The van der Waals surface area contributed by atoms with Gasteiger partial charge in [0.1, 0.15) is 18.5 Å². The number of ketones is 2. The lowest BCUT2D eigenvalue weighted by Crippen LogP contribution is -2.72. The zero-order valence-corrected chi connectivity index (χ0v) is 26.6. The molecule has 1 heterocycles. The Morgan fingerprint density at radius 3 is 2.54 bits per heavy atom. The van der Waals surface area contributed by atoms with Gasteiger partial charge < -0.3 is 25.0 Å². The van der Waals surface area contributed by atoms with Crippen LogP contribution in [0.2, 0.25) is 0 Å². The molecule has 46 heavy (non-hydrogen) atoms. The summed E-state index contributed by atoms with van der Waals surface area (Å²) in [7, 11) is 2.01. The van der Waals surface area contributed by atoms with Crippen LogP contribution in [0.3, 0.4) is 0 Å². The third kappa shape index (κ3) is 4.05. The topological polar surface area (TPSA) is 110 Å². The summed E-state index contributed by atoms with van der Waals surface area (Å²) in [4.78, 5) is 25.9. The number of fused-ring (bicyclic) bond motifs is 7. The molecule has 4 aliphatic carbocycles. The minimum atomic E-state index is -2.29. The number of ether oxygens (including phenoxy) is 2. The Morgan fingerprint density at radius 1 is 1.11 bits per heavy atom. The Balaban J connectivity index is 1.21. The standard InChI is InChI=1S/C37H41F2NO6/c1-20(23-6-5-7-24(14-23)40-4)21-8-10-22(11-9-21)33-45-32-17-26-27-16-29(38)28-15-25(42)12-13-34(28,2)36(27,39)30(43)18-35(26,3)37(32,46-33)31(44)19-41/h5-15,20,26-27,29-30,32-33,40-41,43H,16-19H2,1-4H3/p+1. The van der Waals surface area contributed by atoms with Gasteiger partial charge in [-0.3, -0.25) is 9.59 Å². The van der Waals surface area contributed by atoms with Gasteiger partial charge in [0, 0.05) is 34.3 Å². The minimum Gasteiger partial charge on any atom is -0.390 e. The van der Waals surface area contributed by atoms with Crippen LogP contribution in [-0.4, -0.2) is 65.1 Å². The lowest BCUT2D eigenvalue weighted by atomic mass is 9.44. The van der Waals surface area contributed by atoms with E-state index in [1.165, 1.54) is 17.7 Å². The van der Waals surface area contributed by atoms with Gasteiger partial charge in [0.05, 0.1) is 19.3 Å². The summed E-state index contributed by atoms with van der Waals surface area (Å²) in [5.41, 5.74) is -2.47. The molecule has 11 unspecified atom stereocenters. The van der Waals surface area contributed by atoms with Crippen LogP contribution in [0, 0.1) is 22.7 Å². The van der Waals surface area contributed by atoms with Crippen molar-refractivity contribution >= 4 is 17.3 Å². The van der Waals surface area contributed by atoms with Crippen molar-refractivity contribution < 1.29 is 43.4 Å². The fourth-order valence-electron chi connectivity index (χ4n) is 9.86. The van der Waals surface area contributed by atoms with Gasteiger partial charge in [-0.25, -0.2) is 8.78 Å². The first-order valence-electron chi connectivity index (χ1n) is 16.3. The number of halogens is 2. The predicted octanol–water partition coefficient (Wildman–Crippen LogP) is 4.31. The number of benzene rings is 2. The first-order valence-corrected chi connectivity index (χ1v) is 16.3. The molecular weight excluding hydrogens is 592 g/mol. The second-order valence-electron chi connectivity index (χ2n) is 14.3. The maximum atomic E-state index is 17.6. The molecule has 244 valence electrons. The van der Waals surface area contributed by atoms with Crippen molar-refractivity contribution in [1.29, 1.82) is 0 Å². The van der Waals surface area contributed by atoms with Crippen molar-refractivity contribution in [2.24, 2.45) is 22.7 Å². The molecule has 1 saturated heterocycles. The Morgan fingerprint density at radius 2 is 1.85 bits per heavy atom. The summed E-state index contributed by atoms with van der Waals surface area (Å²) < 4.78 is 46.5. The Labute approximate surface area is 267 Å². The van der Waals surface area contributed by atoms with Crippen molar-refractivity contribution in [3.05, 3.63) is 89.0 Å². The van der Waals surface area contributed by atoms with Gasteiger partial charge in [-0.15, -0.1) is 0 Å². The summed E-state index contributed by atoms with van der Waals surface area (Å²) in [6.45, 7) is 4.65. The number of carbonyl (C=O) groups excluding carboxylic acids is 2. The summed E-state index contributed by atoms with van der Waals surface area (Å²) in [5, 5.41) is 24.0. The van der Waals surface area contributed by atoms with Gasteiger partial charge in [0.15, 0.2) is 29.1 Å². The number of aliphatic hydroxyl groups is 2. The van der Waals surface area contributed by atoms with Crippen molar-refractivity contribution in [1.82, 2.24) is 0 Å². The molecule has 0 aromatic heterocycles. The molecule has 0 radical (unpaired) electrons. The van der Waals surface area contributed by atoms with E-state index in [1.54, 1.807) is 13.8 Å². The zero-order valence-electron chi connectivity index (χ0n) is 26.6. The molecule has 11 atom stereocenters. The van der Waals surface area contributed by atoms with Gasteiger partial charge in [-0.05, 0) is 67.0 Å². The SMILES string of the molecule is C[NH2+]c1cccc(C(C)c2ccc(C3OC4CC5C6CC(F)C7=CC(=O)C=CC7(C)C6(F)C(O)CC5(C)C4(C(=O)CO)O3)cc2)c1. The fraction of sp³-hybridized carbons (Fsp3) is 0.514. The number of alkyl halides is 2. The molecule has 1 aliphatic heterocycles. The molecule has 9 heteroatoms. The van der Waals surface area contributed by atoms with E-state index in [4.69, 9.17) is 9.47 Å². The van der Waals surface area contributed by atoms with Crippen molar-refractivity contribution in [2.45, 2.75) is 81.9 Å². The number of aliphatic hydroxyl groups excluding tert-OH is 2. The molecule has 3 saturated carbocycles. The largest absolute Gasteiger partial charge is 0.390 e. The van der Waals surface area contributed by atoms with Crippen molar-refractivity contribution in [3.8, 4) is 0 Å². The van der Waals surface area contributed by atoms with E-state index in [2.05, 4.69) is 30.4 Å². The van der Waals surface area contributed by atoms with Gasteiger partial charge >= 0.3 is 0 Å². The highest BCUT2D eigenvalue weighted by atomic mass is 19.1. The smallest absolute Gasteiger partial charge is 0.193 e. The third-order valence-corrected chi connectivity index (χ3v) is 12.4. The van der Waals surface area contributed by atoms with E-state index < -0.39 is 76.8 Å². The number of rotatable bonds is 6. The average Bonchev–Trinajstić information content (AvgIpc) is 3.56. The highest BCUT2D eigenvalue weighted by Crippen LogP contribution is 2.72. The maximum absolute atomic E-state index is 17.6. The van der Waals surface area contributed by atoms with Crippen LogP contribution in [0.15, 0.2) is 72.3 Å². The number of nitrogens with two attached hydrogens (primary N) is 1. The highest BCUT2D eigenvalue weighted by molar-refractivity contribution is 6.01. The first-order chi connectivity index (χ1) is 21.8. The molecule has 7 rings (SSSR count). The minimum absolute atomic E-state index is 0.0440. The molecule has 2 aromatic carbocycles. The summed E-state index contributed by atoms with van der Waals surface area (Å²) in [6.07, 6.45) is -1.34. The van der Waals surface area contributed by atoms with Gasteiger partial charge in [0.25, 0.3) is 0 Å². The van der Waals surface area contributed by atoms with Crippen LogP contribution in [0.1, 0.15) is 68.9 Å². The normalized spacial score (nSPS) is 41.7. The van der Waals surface area contributed by atoms with Crippen LogP contribution < -0.4 is 5.32 Å². The van der Waals surface area contributed by atoms with Crippen LogP contribution in [0.25, 0.3) is 0 Å². The summed E-state index contributed by atoms with van der Waals surface area (Å²) in [6, 6.07) is 16.2. The van der Waals surface area contributed by atoms with Crippen LogP contribution in [0.4, 0.5) is 14.5 Å². The van der Waals surface area contributed by atoms with Crippen LogP contribution in [0.5, 0.6) is 0 Å². The van der Waals surface area contributed by atoms with E-state index >= 15 is 8.78 Å². The van der Waals surface area contributed by atoms with Gasteiger partial charge in [-0.2, -0.15) is 0 Å². The average molecular weight is 635 g/mol. The molecule has 4 fully saturated rings. The number of hydrogen-bond donors (Lipinski definition) is 3. The number of allylic oxidation sites excluding steroid dienone is 4. The van der Waals surface area contributed by atoms with Crippen LogP contribution in [-0.2, 0) is 19.1 Å². The Kier molecular flexibility index (Phi) is 7.34. The third-order valence-electron chi connectivity index (χ3n) is 12.4. The van der Waals surface area contributed by atoms with E-state index in [1.807, 2.05) is 37.4 Å². The number of Topliss-reactive ketones (excluding diaryl/α,β-unsaturated/α-hetero) is 1. The molecule has 5 aliphatic rings. The van der Waals surface area contributed by atoms with Gasteiger partial charge in [-0.1, -0.05) is 56.3 Å². The Hall–Kier alpha value is -3.08. The van der Waals surface area contributed by atoms with E-state index in [0.29, 0.717) is 5.56 Å². The van der Waals surface area contributed by atoms with E-state index in [0.717, 1.165) is 17.3 Å². The summed E-state index contributed by atoms with van der Waals surface area (Å²) >= 11 is 0. The molecular formula is C37H42F2NO6+. The quantitative estimate of drug-likeness (QED) is 0.409. The second kappa shape index (κ2) is 10.7. The maximum Gasteiger partial charge on any atom is 0.193 e. The predicted molar refractivity (Wildman–Crippen MR) is 165 cm³/mol. The molecule has 4 N–H and O–H groups in total. The highest BCUT2D eigenvalue weighted by Gasteiger charge is 2.80. The molecule has 2 aromatic rings.